The van der Waals surface area contributed by atoms with Gasteiger partial charge in [0, 0.05) is 24.8 Å². The van der Waals surface area contributed by atoms with Gasteiger partial charge in [0.15, 0.2) is 10.9 Å². The average molecular weight is 241 g/mol. The number of nitrogens with zero attached hydrogens (tertiary/aromatic N) is 1. The standard InChI is InChI=1S/C10H15N3O2S/c1-3-7(11)4-9(15)13-10-12-8(5-16-10)6(2)14/h5,7H,3-4,11H2,1-2H3,(H,12,13,15). The number of nitrogens with two attached hydrogens (primary N) is 1. The number of nitrogens with one attached hydrogen (secondary N) is 1. The first kappa shape index (κ1) is 12.8. The average Bonchev–Trinajstić information content (AvgIpc) is 2.65. The van der Waals surface area contributed by atoms with Crippen molar-refractivity contribution in [1.82, 2.24) is 4.98 Å². The Morgan fingerprint density at radius 1 is 1.62 bits per heavy atom. The van der Waals surface area contributed by atoms with Crippen LogP contribution < -0.4 is 11.1 Å². The van der Waals surface area contributed by atoms with Crippen LogP contribution >= 0.6 is 11.3 Å². The first-order valence-electron chi connectivity index (χ1n) is 5.04. The largest absolute Gasteiger partial charge is 0.327 e. The lowest BCUT2D eigenvalue weighted by Crippen LogP contribution is -2.26. The maximum Gasteiger partial charge on any atom is 0.227 e. The number of Topliss-reactive ketones (excluding diaryl/α,β-unsaturated/α-hetero) is 1. The van der Waals surface area contributed by atoms with Gasteiger partial charge in [-0.2, -0.15) is 0 Å². The van der Waals surface area contributed by atoms with E-state index in [1.165, 1.54) is 18.3 Å². The minimum atomic E-state index is -0.168. The van der Waals surface area contributed by atoms with E-state index in [2.05, 4.69) is 10.3 Å². The van der Waals surface area contributed by atoms with E-state index < -0.39 is 0 Å². The van der Waals surface area contributed by atoms with Gasteiger partial charge in [-0.25, -0.2) is 4.98 Å². The molecule has 88 valence electrons. The van der Waals surface area contributed by atoms with Gasteiger partial charge >= 0.3 is 0 Å². The molecular weight excluding hydrogens is 226 g/mol. The zero-order chi connectivity index (χ0) is 12.1. The molecule has 1 aromatic rings. The maximum absolute atomic E-state index is 11.5. The topological polar surface area (TPSA) is 85.1 Å². The molecule has 6 heteroatoms. The summed E-state index contributed by atoms with van der Waals surface area (Å²) in [7, 11) is 0. The zero-order valence-electron chi connectivity index (χ0n) is 9.32. The van der Waals surface area contributed by atoms with E-state index >= 15 is 0 Å². The molecule has 5 nitrogen and oxygen atoms in total. The Kier molecular flexibility index (Phi) is 4.57. The molecule has 0 saturated carbocycles. The van der Waals surface area contributed by atoms with Crippen molar-refractivity contribution in [1.29, 1.82) is 0 Å². The summed E-state index contributed by atoms with van der Waals surface area (Å²) in [5.74, 6) is -0.277. The number of carbonyl (C=O) groups excluding carboxylic acids is 2. The molecule has 0 spiro atoms. The highest BCUT2D eigenvalue weighted by Gasteiger charge is 2.11. The third kappa shape index (κ3) is 3.71. The number of anilines is 1. The van der Waals surface area contributed by atoms with E-state index in [1.807, 2.05) is 6.92 Å². The van der Waals surface area contributed by atoms with Crippen LogP contribution in [0.3, 0.4) is 0 Å². The van der Waals surface area contributed by atoms with Crippen LogP contribution in [0.2, 0.25) is 0 Å². The summed E-state index contributed by atoms with van der Waals surface area (Å²) in [6.45, 7) is 3.36. The second-order valence-electron chi connectivity index (χ2n) is 3.51. The Bertz CT molecular complexity index is 389. The normalized spacial score (nSPS) is 12.2. The van der Waals surface area contributed by atoms with Gasteiger partial charge in [-0.05, 0) is 6.42 Å². The van der Waals surface area contributed by atoms with Crippen molar-refractivity contribution in [2.24, 2.45) is 5.73 Å². The van der Waals surface area contributed by atoms with Crippen LogP contribution in [0.5, 0.6) is 0 Å². The van der Waals surface area contributed by atoms with Crippen LogP contribution in [-0.4, -0.2) is 22.7 Å². The van der Waals surface area contributed by atoms with Gasteiger partial charge in [0.25, 0.3) is 0 Å². The molecule has 1 aromatic heterocycles. The number of amides is 1. The highest BCUT2D eigenvalue weighted by Crippen LogP contribution is 2.16. The molecule has 0 radical (unpaired) electrons. The molecule has 0 bridgehead atoms. The minimum Gasteiger partial charge on any atom is -0.327 e. The number of carbonyl (C=O) groups is 2. The van der Waals surface area contributed by atoms with Crippen molar-refractivity contribution in [3.8, 4) is 0 Å². The predicted molar refractivity (Wildman–Crippen MR) is 63.6 cm³/mol. The van der Waals surface area contributed by atoms with Gasteiger partial charge in [0.05, 0.1) is 0 Å². The maximum atomic E-state index is 11.5. The monoisotopic (exact) mass is 241 g/mol. The van der Waals surface area contributed by atoms with E-state index in [4.69, 9.17) is 5.73 Å². The van der Waals surface area contributed by atoms with Crippen LogP contribution in [0, 0.1) is 0 Å². The molecule has 0 aliphatic carbocycles. The summed E-state index contributed by atoms with van der Waals surface area (Å²) < 4.78 is 0. The van der Waals surface area contributed by atoms with Crippen LogP contribution in [0.1, 0.15) is 37.2 Å². The smallest absolute Gasteiger partial charge is 0.227 e. The number of ketones is 1. The number of hydrogen-bond donors (Lipinski definition) is 2. The molecule has 0 aromatic carbocycles. The summed E-state index contributed by atoms with van der Waals surface area (Å²) in [5, 5.41) is 4.68. The number of rotatable bonds is 5. The highest BCUT2D eigenvalue weighted by molar-refractivity contribution is 7.14. The summed E-state index contributed by atoms with van der Waals surface area (Å²) in [5.41, 5.74) is 6.02. The van der Waals surface area contributed by atoms with Gasteiger partial charge < -0.3 is 11.1 Å². The second kappa shape index (κ2) is 5.72. The molecule has 1 heterocycles. The van der Waals surface area contributed by atoms with Crippen molar-refractivity contribution in [2.45, 2.75) is 32.7 Å². The van der Waals surface area contributed by atoms with Gasteiger partial charge in [0.1, 0.15) is 5.69 Å². The molecule has 0 aliphatic heterocycles. The molecule has 1 unspecified atom stereocenters. The lowest BCUT2D eigenvalue weighted by Gasteiger charge is -2.06. The Labute approximate surface area is 98.1 Å². The van der Waals surface area contributed by atoms with E-state index in [-0.39, 0.29) is 24.2 Å². The van der Waals surface area contributed by atoms with E-state index in [1.54, 1.807) is 5.38 Å². The predicted octanol–water partition coefficient (Wildman–Crippen LogP) is 1.41. The quantitative estimate of drug-likeness (QED) is 0.763. The van der Waals surface area contributed by atoms with E-state index in [0.717, 1.165) is 6.42 Å². The first-order valence-corrected chi connectivity index (χ1v) is 5.92. The molecular formula is C10H15N3O2S. The van der Waals surface area contributed by atoms with Gasteiger partial charge in [-0.15, -0.1) is 11.3 Å². The van der Waals surface area contributed by atoms with Crippen LogP contribution in [0.4, 0.5) is 5.13 Å². The van der Waals surface area contributed by atoms with E-state index in [9.17, 15) is 9.59 Å². The summed E-state index contributed by atoms with van der Waals surface area (Å²) in [4.78, 5) is 26.4. The molecule has 1 atom stereocenters. The Morgan fingerprint density at radius 2 is 2.31 bits per heavy atom. The Hall–Kier alpha value is -1.27. The third-order valence-corrected chi connectivity index (χ3v) is 2.84. The Morgan fingerprint density at radius 3 is 2.81 bits per heavy atom. The van der Waals surface area contributed by atoms with Gasteiger partial charge in [-0.1, -0.05) is 6.92 Å². The SMILES string of the molecule is CCC(N)CC(=O)Nc1nc(C(C)=O)cs1. The lowest BCUT2D eigenvalue weighted by atomic mass is 10.2. The molecule has 0 saturated heterocycles. The lowest BCUT2D eigenvalue weighted by molar-refractivity contribution is -0.116. The first-order chi connectivity index (χ1) is 7.52. The van der Waals surface area contributed by atoms with E-state index in [0.29, 0.717) is 10.8 Å². The second-order valence-corrected chi connectivity index (χ2v) is 4.37. The number of hydrogen-bond acceptors (Lipinski definition) is 5. The third-order valence-electron chi connectivity index (χ3n) is 2.08. The van der Waals surface area contributed by atoms with Crippen molar-refractivity contribution < 1.29 is 9.59 Å². The molecule has 1 rings (SSSR count). The van der Waals surface area contributed by atoms with Crippen molar-refractivity contribution in [2.75, 3.05) is 5.32 Å². The highest BCUT2D eigenvalue weighted by atomic mass is 32.1. The van der Waals surface area contributed by atoms with Gasteiger partial charge in [-0.3, -0.25) is 9.59 Å². The molecule has 1 amide bonds. The molecule has 16 heavy (non-hydrogen) atoms. The molecule has 3 N–H and O–H groups in total. The number of thiazole rings is 1. The van der Waals surface area contributed by atoms with Crippen LogP contribution in [0.25, 0.3) is 0 Å². The zero-order valence-corrected chi connectivity index (χ0v) is 10.1. The summed E-state index contributed by atoms with van der Waals surface area (Å²) in [6.07, 6.45) is 1.02. The fraction of sp³-hybridized carbons (Fsp3) is 0.500. The number of aromatic nitrogens is 1. The van der Waals surface area contributed by atoms with Crippen molar-refractivity contribution >= 4 is 28.2 Å². The molecule has 0 fully saturated rings. The Balaban J connectivity index is 2.53. The van der Waals surface area contributed by atoms with Crippen molar-refractivity contribution in [3.05, 3.63) is 11.1 Å². The summed E-state index contributed by atoms with van der Waals surface area (Å²) >= 11 is 1.24. The van der Waals surface area contributed by atoms with Crippen LogP contribution in [0.15, 0.2) is 5.38 Å². The summed E-state index contributed by atoms with van der Waals surface area (Å²) in [6, 6.07) is -0.132. The fourth-order valence-electron chi connectivity index (χ4n) is 1.05. The van der Waals surface area contributed by atoms with Crippen LogP contribution in [-0.2, 0) is 4.79 Å². The minimum absolute atomic E-state index is 0.109. The van der Waals surface area contributed by atoms with Gasteiger partial charge in [0.2, 0.25) is 5.91 Å². The fourth-order valence-corrected chi connectivity index (χ4v) is 1.81. The molecule has 0 aliphatic rings. The van der Waals surface area contributed by atoms with Crippen molar-refractivity contribution in [3.63, 3.8) is 0 Å².